The van der Waals surface area contributed by atoms with Gasteiger partial charge in [0, 0.05) is 11.6 Å². The fraction of sp³-hybridized carbons (Fsp3) is 0.0833. The monoisotopic (exact) mass is 458 g/mol. The minimum atomic E-state index is -4.79. The molecule has 3 aromatic carbocycles. The molecular weight excluding hydrogens is 441 g/mol. The molecule has 6 nitrogen and oxygen atoms in total. The second kappa shape index (κ2) is 9.90. The molecule has 0 unspecified atom stereocenters. The number of alkyl halides is 3. The normalized spacial score (nSPS) is 11.3. The molecule has 0 bridgehead atoms. The Labute approximate surface area is 186 Å². The molecule has 0 spiro atoms. The molecule has 0 heterocycles. The Morgan fingerprint density at radius 1 is 0.879 bits per heavy atom. The summed E-state index contributed by atoms with van der Waals surface area (Å²) in [4.78, 5) is 22.6. The van der Waals surface area contributed by atoms with Crippen molar-refractivity contribution in [3.8, 4) is 28.4 Å². The molecule has 170 valence electrons. The third-order valence-electron chi connectivity index (χ3n) is 4.34. The van der Waals surface area contributed by atoms with Gasteiger partial charge in [0.1, 0.15) is 17.2 Å². The Bertz CT molecular complexity index is 1170. The molecule has 0 atom stereocenters. The van der Waals surface area contributed by atoms with E-state index in [1.165, 1.54) is 49.6 Å². The lowest BCUT2D eigenvalue weighted by Gasteiger charge is -2.12. The number of carbonyl (C=O) groups excluding carboxylic acids is 1. The first-order valence-corrected chi connectivity index (χ1v) is 9.42. The number of carboxylic acids is 1. The first kappa shape index (κ1) is 23.4. The largest absolute Gasteiger partial charge is 0.573 e. The van der Waals surface area contributed by atoms with Crippen LogP contribution in [-0.4, -0.2) is 30.5 Å². The molecule has 3 aromatic rings. The maximum Gasteiger partial charge on any atom is 0.573 e. The van der Waals surface area contributed by atoms with Crippen molar-refractivity contribution in [1.82, 2.24) is 0 Å². The van der Waals surface area contributed by atoms with Gasteiger partial charge < -0.3 is 19.3 Å². The highest BCUT2D eigenvalue weighted by atomic mass is 19.4. The Kier molecular flexibility index (Phi) is 7.02. The lowest BCUT2D eigenvalue weighted by molar-refractivity contribution is -0.274. The number of esters is 1. The van der Waals surface area contributed by atoms with E-state index in [4.69, 9.17) is 9.84 Å². The molecule has 0 saturated heterocycles. The van der Waals surface area contributed by atoms with Crippen LogP contribution in [-0.2, 0) is 9.53 Å². The minimum Gasteiger partial charge on any atom is -0.478 e. The highest BCUT2D eigenvalue weighted by Crippen LogP contribution is 2.32. The average Bonchev–Trinajstić information content (AvgIpc) is 2.78. The maximum absolute atomic E-state index is 12.4. The number of hydrogen-bond acceptors (Lipinski definition) is 5. The van der Waals surface area contributed by atoms with E-state index in [2.05, 4.69) is 9.47 Å². The van der Waals surface area contributed by atoms with Gasteiger partial charge in [-0.25, -0.2) is 9.59 Å². The summed E-state index contributed by atoms with van der Waals surface area (Å²) in [6.07, 6.45) is -2.51. The zero-order valence-corrected chi connectivity index (χ0v) is 17.1. The van der Waals surface area contributed by atoms with Gasteiger partial charge in [-0.3, -0.25) is 0 Å². The van der Waals surface area contributed by atoms with Gasteiger partial charge in [-0.05, 0) is 65.7 Å². The van der Waals surface area contributed by atoms with Gasteiger partial charge in [-0.1, -0.05) is 18.2 Å². The summed E-state index contributed by atoms with van der Waals surface area (Å²) in [7, 11) is 1.27. The van der Waals surface area contributed by atoms with E-state index in [9.17, 15) is 22.8 Å². The number of carboxylic acid groups (broad SMARTS) is 1. The third kappa shape index (κ3) is 6.60. The summed E-state index contributed by atoms with van der Waals surface area (Å²) in [5.74, 6) is -1.29. The molecule has 0 radical (unpaired) electrons. The van der Waals surface area contributed by atoms with Gasteiger partial charge >= 0.3 is 18.3 Å². The summed E-state index contributed by atoms with van der Waals surface area (Å²) in [6, 6.07) is 16.3. The van der Waals surface area contributed by atoms with Crippen LogP contribution in [0.4, 0.5) is 13.2 Å². The van der Waals surface area contributed by atoms with Crippen molar-refractivity contribution in [1.29, 1.82) is 0 Å². The van der Waals surface area contributed by atoms with E-state index in [0.717, 1.165) is 6.08 Å². The van der Waals surface area contributed by atoms with E-state index >= 15 is 0 Å². The number of aliphatic carboxylic acids is 1. The average molecular weight is 458 g/mol. The highest BCUT2D eigenvalue weighted by Gasteiger charge is 2.30. The van der Waals surface area contributed by atoms with Gasteiger partial charge in [0.15, 0.2) is 0 Å². The predicted molar refractivity (Wildman–Crippen MR) is 113 cm³/mol. The number of rotatable bonds is 7. The third-order valence-corrected chi connectivity index (χ3v) is 4.34. The standard InChI is InChI=1S/C24H17F3O6/c1-31-23(30)16-4-8-19(9-5-16)32-21-12-6-17(14-18(21)7-13-22(28)29)15-2-10-20(11-3-15)33-24(25,26)27/h2-14H,1H3,(H,28,29). The summed E-state index contributed by atoms with van der Waals surface area (Å²) in [5, 5.41) is 8.99. The molecular formula is C24H17F3O6. The summed E-state index contributed by atoms with van der Waals surface area (Å²) >= 11 is 0. The molecule has 0 aliphatic rings. The lowest BCUT2D eigenvalue weighted by atomic mass is 10.0. The smallest absolute Gasteiger partial charge is 0.478 e. The number of benzene rings is 3. The van der Waals surface area contributed by atoms with E-state index in [-0.39, 0.29) is 5.75 Å². The molecule has 0 saturated carbocycles. The fourth-order valence-corrected chi connectivity index (χ4v) is 2.87. The first-order valence-electron chi connectivity index (χ1n) is 9.42. The van der Waals surface area contributed by atoms with E-state index in [1.54, 1.807) is 30.3 Å². The van der Waals surface area contributed by atoms with Crippen LogP contribution in [0.2, 0.25) is 0 Å². The van der Waals surface area contributed by atoms with Crippen LogP contribution in [0.1, 0.15) is 15.9 Å². The summed E-state index contributed by atoms with van der Waals surface area (Å²) in [5.41, 5.74) is 1.96. The van der Waals surface area contributed by atoms with Crippen molar-refractivity contribution < 1.29 is 42.1 Å². The van der Waals surface area contributed by atoms with Crippen molar-refractivity contribution in [2.75, 3.05) is 7.11 Å². The number of methoxy groups -OCH3 is 1. The number of halogens is 3. The molecule has 0 aliphatic carbocycles. The first-order chi connectivity index (χ1) is 15.6. The van der Waals surface area contributed by atoms with Gasteiger partial charge in [0.05, 0.1) is 12.7 Å². The number of carbonyl (C=O) groups is 2. The van der Waals surface area contributed by atoms with Crippen LogP contribution in [0.25, 0.3) is 17.2 Å². The topological polar surface area (TPSA) is 82.1 Å². The number of ether oxygens (including phenoxy) is 3. The van der Waals surface area contributed by atoms with Crippen LogP contribution in [0.15, 0.2) is 72.8 Å². The van der Waals surface area contributed by atoms with E-state index in [1.807, 2.05) is 0 Å². The molecule has 0 aromatic heterocycles. The SMILES string of the molecule is COC(=O)c1ccc(Oc2ccc(-c3ccc(OC(F)(F)F)cc3)cc2C=CC(=O)O)cc1. The van der Waals surface area contributed by atoms with E-state index < -0.39 is 18.3 Å². The van der Waals surface area contributed by atoms with Crippen LogP contribution < -0.4 is 9.47 Å². The molecule has 0 amide bonds. The van der Waals surface area contributed by atoms with Crippen molar-refractivity contribution in [2.45, 2.75) is 6.36 Å². The van der Waals surface area contributed by atoms with Gasteiger partial charge in [-0.15, -0.1) is 13.2 Å². The van der Waals surface area contributed by atoms with Gasteiger partial charge in [-0.2, -0.15) is 0 Å². The summed E-state index contributed by atoms with van der Waals surface area (Å²) in [6.45, 7) is 0. The predicted octanol–water partition coefficient (Wildman–Crippen LogP) is 5.93. The zero-order valence-electron chi connectivity index (χ0n) is 17.1. The quantitative estimate of drug-likeness (QED) is 0.349. The second-order valence-electron chi connectivity index (χ2n) is 6.61. The minimum absolute atomic E-state index is 0.332. The molecule has 33 heavy (non-hydrogen) atoms. The van der Waals surface area contributed by atoms with Gasteiger partial charge in [0.2, 0.25) is 0 Å². The van der Waals surface area contributed by atoms with Crippen molar-refractivity contribution in [3.63, 3.8) is 0 Å². The second-order valence-corrected chi connectivity index (χ2v) is 6.61. The molecule has 1 N–H and O–H groups in total. The van der Waals surface area contributed by atoms with Crippen LogP contribution in [0.5, 0.6) is 17.2 Å². The zero-order chi connectivity index (χ0) is 24.0. The lowest BCUT2D eigenvalue weighted by Crippen LogP contribution is -2.16. The van der Waals surface area contributed by atoms with Crippen LogP contribution >= 0.6 is 0 Å². The van der Waals surface area contributed by atoms with Crippen LogP contribution in [0.3, 0.4) is 0 Å². The Hall–Kier alpha value is -4.27. The molecule has 0 fully saturated rings. The summed E-state index contributed by atoms with van der Waals surface area (Å²) < 4.78 is 51.4. The van der Waals surface area contributed by atoms with Gasteiger partial charge in [0.25, 0.3) is 0 Å². The fourth-order valence-electron chi connectivity index (χ4n) is 2.87. The molecule has 0 aliphatic heterocycles. The molecule has 9 heteroatoms. The maximum atomic E-state index is 12.4. The Morgan fingerprint density at radius 3 is 2.06 bits per heavy atom. The van der Waals surface area contributed by atoms with Crippen molar-refractivity contribution in [2.24, 2.45) is 0 Å². The Morgan fingerprint density at radius 2 is 1.48 bits per heavy atom. The van der Waals surface area contributed by atoms with Crippen molar-refractivity contribution >= 4 is 18.0 Å². The van der Waals surface area contributed by atoms with Crippen molar-refractivity contribution in [3.05, 3.63) is 83.9 Å². The Balaban J connectivity index is 1.89. The highest BCUT2D eigenvalue weighted by molar-refractivity contribution is 5.89. The van der Waals surface area contributed by atoms with E-state index in [0.29, 0.717) is 33.8 Å². The molecule has 3 rings (SSSR count). The number of hydrogen-bond donors (Lipinski definition) is 1. The van der Waals surface area contributed by atoms with Crippen LogP contribution in [0, 0.1) is 0 Å².